The Bertz CT molecular complexity index is 2980. The largest absolute Gasteiger partial charge is 0.208 e. The molecule has 0 radical (unpaired) electrons. The highest BCUT2D eigenvalue weighted by molar-refractivity contribution is 7.25. The summed E-state index contributed by atoms with van der Waals surface area (Å²) in [6, 6.07) is 70.8. The van der Waals surface area contributed by atoms with E-state index in [9.17, 15) is 0 Å². The second-order valence-corrected chi connectivity index (χ2v) is 15.8. The van der Waals surface area contributed by atoms with Crippen LogP contribution in [0.15, 0.2) is 206 Å². The maximum atomic E-state index is 4.91. The first-order valence-corrected chi connectivity index (χ1v) is 20.9. The number of aromatic nitrogens is 6. The van der Waals surface area contributed by atoms with Crippen molar-refractivity contribution in [2.75, 3.05) is 0 Å². The zero-order chi connectivity index (χ0) is 40.5. The van der Waals surface area contributed by atoms with Gasteiger partial charge >= 0.3 is 0 Å². The second kappa shape index (κ2) is 15.6. The van der Waals surface area contributed by atoms with Crippen LogP contribution in [0.5, 0.6) is 0 Å². The summed E-state index contributed by atoms with van der Waals surface area (Å²) in [5.41, 5.74) is 10.3. The number of thiophene rings is 1. The van der Waals surface area contributed by atoms with Crippen LogP contribution in [0.1, 0.15) is 0 Å². The molecule has 0 amide bonds. The number of fused-ring (bicyclic) bond motifs is 3. The molecule has 3 heterocycles. The van der Waals surface area contributed by atoms with Gasteiger partial charge < -0.3 is 0 Å². The minimum Gasteiger partial charge on any atom is -0.208 e. The highest BCUT2D eigenvalue weighted by Gasteiger charge is 2.15. The first-order valence-electron chi connectivity index (χ1n) is 20.1. The zero-order valence-corrected chi connectivity index (χ0v) is 33.5. The number of nitrogens with zero attached hydrogens (tertiary/aromatic N) is 6. The Labute approximate surface area is 356 Å². The average molecular weight is 799 g/mol. The van der Waals surface area contributed by atoms with Gasteiger partial charge in [0.25, 0.3) is 0 Å². The molecule has 3 aromatic heterocycles. The predicted molar refractivity (Wildman–Crippen MR) is 250 cm³/mol. The lowest BCUT2D eigenvalue weighted by Gasteiger charge is -2.09. The van der Waals surface area contributed by atoms with Crippen LogP contribution in [0.3, 0.4) is 0 Å². The fraction of sp³-hybridized carbons (Fsp3) is 0. The van der Waals surface area contributed by atoms with E-state index < -0.39 is 0 Å². The molecule has 0 saturated heterocycles. The lowest BCUT2D eigenvalue weighted by Crippen LogP contribution is -2.00. The molecule has 0 fully saturated rings. The van der Waals surface area contributed by atoms with Crippen LogP contribution < -0.4 is 0 Å². The van der Waals surface area contributed by atoms with Crippen molar-refractivity contribution in [2.45, 2.75) is 0 Å². The van der Waals surface area contributed by atoms with Crippen LogP contribution in [0.2, 0.25) is 0 Å². The quantitative estimate of drug-likeness (QED) is 0.152. The molecular formula is C54H34N6S. The number of rotatable bonds is 8. The summed E-state index contributed by atoms with van der Waals surface area (Å²) in [5, 5.41) is 2.51. The third-order valence-electron chi connectivity index (χ3n) is 10.8. The minimum absolute atomic E-state index is 0.643. The van der Waals surface area contributed by atoms with Gasteiger partial charge in [0.2, 0.25) is 0 Å². The van der Waals surface area contributed by atoms with E-state index in [4.69, 9.17) is 29.9 Å². The Morgan fingerprint density at radius 2 is 0.443 bits per heavy atom. The van der Waals surface area contributed by atoms with Crippen molar-refractivity contribution in [3.63, 3.8) is 0 Å². The van der Waals surface area contributed by atoms with E-state index in [1.807, 2.05) is 133 Å². The molecule has 286 valence electrons. The first kappa shape index (κ1) is 36.1. The molecule has 0 aliphatic heterocycles. The topological polar surface area (TPSA) is 77.3 Å². The molecule has 11 rings (SSSR count). The lowest BCUT2D eigenvalue weighted by molar-refractivity contribution is 1.07. The Morgan fingerprint density at radius 1 is 0.213 bits per heavy atom. The van der Waals surface area contributed by atoms with Gasteiger partial charge in [-0.2, -0.15) is 0 Å². The fourth-order valence-electron chi connectivity index (χ4n) is 7.64. The highest BCUT2D eigenvalue weighted by Crippen LogP contribution is 2.39. The zero-order valence-electron chi connectivity index (χ0n) is 32.7. The predicted octanol–water partition coefficient (Wildman–Crippen LogP) is 13.8. The Balaban J connectivity index is 0.877. The van der Waals surface area contributed by atoms with E-state index in [2.05, 4.69) is 84.9 Å². The van der Waals surface area contributed by atoms with Crippen LogP contribution in [0, 0.1) is 0 Å². The van der Waals surface area contributed by atoms with E-state index in [1.165, 1.54) is 20.2 Å². The van der Waals surface area contributed by atoms with E-state index in [-0.39, 0.29) is 0 Å². The second-order valence-electron chi connectivity index (χ2n) is 14.8. The van der Waals surface area contributed by atoms with Gasteiger partial charge in [0.1, 0.15) is 0 Å². The third kappa shape index (κ3) is 7.24. The van der Waals surface area contributed by atoms with Gasteiger partial charge in [-0.15, -0.1) is 11.3 Å². The summed E-state index contributed by atoms with van der Waals surface area (Å²) in [4.78, 5) is 29.3. The first-order chi connectivity index (χ1) is 30.2. The summed E-state index contributed by atoms with van der Waals surface area (Å²) < 4.78 is 2.50. The molecule has 11 aromatic rings. The Morgan fingerprint density at radius 3 is 0.721 bits per heavy atom. The Kier molecular flexibility index (Phi) is 9.26. The molecule has 0 aliphatic rings. The number of hydrogen-bond acceptors (Lipinski definition) is 7. The van der Waals surface area contributed by atoms with Crippen LogP contribution in [-0.4, -0.2) is 29.9 Å². The van der Waals surface area contributed by atoms with Crippen LogP contribution in [-0.2, 0) is 0 Å². The standard InChI is InChI=1S/C54H34N6S/c1-5-13-37(14-6-1)49-55-50(38-15-7-2-8-16-38)58-53(57-49)41-25-21-35(22-26-41)43-29-31-45-46-32-30-44(34-48(46)61-47(45)33-43)36-23-27-42(28-24-36)54-59-51(39-17-9-3-10-18-39)56-52(60-54)40-19-11-4-12-20-40/h1-34H. The van der Waals surface area contributed by atoms with Crippen molar-refractivity contribution < 1.29 is 0 Å². The summed E-state index contributed by atoms with van der Waals surface area (Å²) in [5.74, 6) is 3.89. The highest BCUT2D eigenvalue weighted by atomic mass is 32.1. The molecule has 8 aromatic carbocycles. The average Bonchev–Trinajstić information content (AvgIpc) is 3.72. The molecule has 0 saturated carbocycles. The van der Waals surface area contributed by atoms with Crippen molar-refractivity contribution in [3.05, 3.63) is 206 Å². The molecule has 0 aliphatic carbocycles. The SMILES string of the molecule is c1ccc(-c2nc(-c3ccccc3)nc(-c3ccc(-c4ccc5c(c4)sc4cc(-c6ccc(-c7nc(-c8ccccc8)nc(-c8ccccc8)n7)cc6)ccc45)cc3)n2)cc1. The summed E-state index contributed by atoms with van der Waals surface area (Å²) >= 11 is 1.82. The van der Waals surface area contributed by atoms with E-state index >= 15 is 0 Å². The monoisotopic (exact) mass is 798 g/mol. The molecule has 7 heteroatoms. The fourth-order valence-corrected chi connectivity index (χ4v) is 8.82. The molecule has 0 N–H and O–H groups in total. The van der Waals surface area contributed by atoms with E-state index in [0.29, 0.717) is 34.9 Å². The minimum atomic E-state index is 0.643. The molecule has 0 unspecified atom stereocenters. The van der Waals surface area contributed by atoms with Crippen LogP contribution in [0.4, 0.5) is 0 Å². The van der Waals surface area contributed by atoms with Crippen molar-refractivity contribution in [1.29, 1.82) is 0 Å². The van der Waals surface area contributed by atoms with Crippen LogP contribution >= 0.6 is 11.3 Å². The number of benzene rings is 8. The molecule has 0 atom stereocenters. The summed E-state index contributed by atoms with van der Waals surface area (Å²) in [7, 11) is 0. The number of hydrogen-bond donors (Lipinski definition) is 0. The van der Waals surface area contributed by atoms with Gasteiger partial charge in [-0.1, -0.05) is 194 Å². The maximum absolute atomic E-state index is 4.91. The Hall–Kier alpha value is -8.00. The molecular weight excluding hydrogens is 765 g/mol. The van der Waals surface area contributed by atoms with E-state index in [0.717, 1.165) is 55.6 Å². The van der Waals surface area contributed by atoms with Crippen LogP contribution in [0.25, 0.3) is 111 Å². The third-order valence-corrected chi connectivity index (χ3v) is 11.9. The molecule has 0 spiro atoms. The molecule has 61 heavy (non-hydrogen) atoms. The van der Waals surface area contributed by atoms with Gasteiger partial charge in [-0.3, -0.25) is 0 Å². The smallest absolute Gasteiger partial charge is 0.164 e. The van der Waals surface area contributed by atoms with Crippen molar-refractivity contribution in [1.82, 2.24) is 29.9 Å². The molecule has 6 nitrogen and oxygen atoms in total. The van der Waals surface area contributed by atoms with Gasteiger partial charge in [0, 0.05) is 53.6 Å². The van der Waals surface area contributed by atoms with Crippen molar-refractivity contribution in [3.8, 4) is 90.6 Å². The summed E-state index contributed by atoms with van der Waals surface area (Å²) in [6.45, 7) is 0. The van der Waals surface area contributed by atoms with Gasteiger partial charge in [0.15, 0.2) is 34.9 Å². The van der Waals surface area contributed by atoms with Gasteiger partial charge in [-0.25, -0.2) is 29.9 Å². The van der Waals surface area contributed by atoms with E-state index in [1.54, 1.807) is 0 Å². The molecule has 0 bridgehead atoms. The van der Waals surface area contributed by atoms with Crippen molar-refractivity contribution >= 4 is 31.5 Å². The summed E-state index contributed by atoms with van der Waals surface area (Å²) in [6.07, 6.45) is 0. The van der Waals surface area contributed by atoms with Gasteiger partial charge in [0.05, 0.1) is 0 Å². The lowest BCUT2D eigenvalue weighted by atomic mass is 10.0. The normalized spacial score (nSPS) is 11.3. The van der Waals surface area contributed by atoms with Crippen molar-refractivity contribution in [2.24, 2.45) is 0 Å². The van der Waals surface area contributed by atoms with Gasteiger partial charge in [-0.05, 0) is 34.4 Å². The maximum Gasteiger partial charge on any atom is 0.164 e.